The topological polar surface area (TPSA) is 29.1 Å². The molecule has 116 valence electrons. The molecule has 0 radical (unpaired) electrons. The highest BCUT2D eigenvalue weighted by atomic mass is 35.5. The van der Waals surface area contributed by atoms with Crippen LogP contribution in [0.3, 0.4) is 0 Å². The van der Waals surface area contributed by atoms with Gasteiger partial charge in [-0.3, -0.25) is 4.79 Å². The Kier molecular flexibility index (Phi) is 5.19. The van der Waals surface area contributed by atoms with Gasteiger partial charge in [-0.1, -0.05) is 49.7 Å². The molecule has 4 heteroatoms. The first-order valence-corrected chi connectivity index (χ1v) is 7.59. The number of carbonyl (C=O) groups is 1. The van der Waals surface area contributed by atoms with Crippen LogP contribution in [0, 0.1) is 12.7 Å². The van der Waals surface area contributed by atoms with Crippen LogP contribution in [0.2, 0.25) is 5.02 Å². The predicted octanol–water partition coefficient (Wildman–Crippen LogP) is 5.09. The van der Waals surface area contributed by atoms with Gasteiger partial charge < -0.3 is 5.32 Å². The number of aryl methyl sites for hydroxylation is 1. The Morgan fingerprint density at radius 1 is 1.27 bits per heavy atom. The second kappa shape index (κ2) is 6.93. The van der Waals surface area contributed by atoms with Crippen molar-refractivity contribution in [2.24, 2.45) is 0 Å². The highest BCUT2D eigenvalue weighted by molar-refractivity contribution is 6.30. The minimum Gasteiger partial charge on any atom is -0.325 e. The van der Waals surface area contributed by atoms with Crippen molar-refractivity contribution in [3.05, 3.63) is 63.9 Å². The van der Waals surface area contributed by atoms with Crippen LogP contribution in [-0.2, 0) is 11.2 Å². The number of para-hydroxylation sites is 1. The van der Waals surface area contributed by atoms with Gasteiger partial charge >= 0.3 is 0 Å². The average Bonchev–Trinajstić information content (AvgIpc) is 2.44. The van der Waals surface area contributed by atoms with Crippen molar-refractivity contribution in [2.75, 3.05) is 5.32 Å². The van der Waals surface area contributed by atoms with Gasteiger partial charge in [-0.25, -0.2) is 4.39 Å². The van der Waals surface area contributed by atoms with E-state index >= 15 is 0 Å². The molecule has 0 fully saturated rings. The first kappa shape index (κ1) is 16.5. The number of hydrogen-bond acceptors (Lipinski definition) is 1. The second-order valence-corrected chi connectivity index (χ2v) is 6.09. The fourth-order valence-corrected chi connectivity index (χ4v) is 2.52. The molecule has 1 amide bonds. The molecule has 0 aliphatic rings. The third-order valence-electron chi connectivity index (χ3n) is 3.56. The normalized spacial score (nSPS) is 10.8. The summed E-state index contributed by atoms with van der Waals surface area (Å²) in [4.78, 5) is 12.2. The molecule has 0 saturated carbocycles. The maximum Gasteiger partial charge on any atom is 0.228 e. The molecule has 2 nitrogen and oxygen atoms in total. The van der Waals surface area contributed by atoms with Crippen LogP contribution in [0.5, 0.6) is 0 Å². The van der Waals surface area contributed by atoms with Gasteiger partial charge in [-0.15, -0.1) is 0 Å². The number of anilines is 1. The van der Waals surface area contributed by atoms with E-state index in [1.165, 1.54) is 6.07 Å². The van der Waals surface area contributed by atoms with Crippen LogP contribution in [-0.4, -0.2) is 5.91 Å². The van der Waals surface area contributed by atoms with Crippen LogP contribution in [0.4, 0.5) is 10.1 Å². The fraction of sp³-hybridized carbons (Fsp3) is 0.278. The van der Waals surface area contributed by atoms with Crippen molar-refractivity contribution in [1.82, 2.24) is 0 Å². The third-order valence-corrected chi connectivity index (χ3v) is 3.79. The molecule has 0 heterocycles. The van der Waals surface area contributed by atoms with E-state index in [4.69, 9.17) is 11.6 Å². The van der Waals surface area contributed by atoms with Crippen LogP contribution in [0.15, 0.2) is 36.4 Å². The van der Waals surface area contributed by atoms with Gasteiger partial charge in [0.2, 0.25) is 5.91 Å². The van der Waals surface area contributed by atoms with E-state index in [0.29, 0.717) is 16.5 Å². The minimum absolute atomic E-state index is 0.0190. The summed E-state index contributed by atoms with van der Waals surface area (Å²) in [6.45, 7) is 6.09. The highest BCUT2D eigenvalue weighted by Gasteiger charge is 2.14. The van der Waals surface area contributed by atoms with Gasteiger partial charge in [-0.05, 0) is 41.7 Å². The van der Waals surface area contributed by atoms with Crippen molar-refractivity contribution in [2.45, 2.75) is 33.1 Å². The van der Waals surface area contributed by atoms with Crippen molar-refractivity contribution >= 4 is 23.2 Å². The number of halogens is 2. The zero-order valence-corrected chi connectivity index (χ0v) is 13.7. The average molecular weight is 320 g/mol. The summed E-state index contributed by atoms with van der Waals surface area (Å²) >= 11 is 5.72. The van der Waals surface area contributed by atoms with Crippen LogP contribution in [0.1, 0.15) is 36.5 Å². The molecule has 0 bridgehead atoms. The third kappa shape index (κ3) is 3.86. The van der Waals surface area contributed by atoms with Crippen molar-refractivity contribution in [1.29, 1.82) is 0 Å². The van der Waals surface area contributed by atoms with E-state index < -0.39 is 5.82 Å². The first-order valence-electron chi connectivity index (χ1n) is 7.21. The Bertz CT molecular complexity index is 697. The Balaban J connectivity index is 2.19. The smallest absolute Gasteiger partial charge is 0.228 e. The maximum atomic E-state index is 13.8. The minimum atomic E-state index is -0.462. The van der Waals surface area contributed by atoms with E-state index in [1.807, 2.05) is 25.1 Å². The van der Waals surface area contributed by atoms with Gasteiger partial charge in [-0.2, -0.15) is 0 Å². The Morgan fingerprint density at radius 2 is 2.00 bits per heavy atom. The molecule has 0 aromatic heterocycles. The quantitative estimate of drug-likeness (QED) is 0.835. The van der Waals surface area contributed by atoms with E-state index in [2.05, 4.69) is 19.2 Å². The first-order chi connectivity index (χ1) is 10.4. The van der Waals surface area contributed by atoms with Crippen molar-refractivity contribution < 1.29 is 9.18 Å². The zero-order chi connectivity index (χ0) is 16.3. The second-order valence-electron chi connectivity index (χ2n) is 5.65. The molecule has 22 heavy (non-hydrogen) atoms. The molecule has 0 spiro atoms. The Morgan fingerprint density at radius 3 is 2.64 bits per heavy atom. The standard InChI is InChI=1S/C18H19ClFNO/c1-11(2)15-6-4-5-12(3)18(15)21-17(22)9-13-7-8-14(19)10-16(13)20/h4-8,10-11H,9H2,1-3H3,(H,21,22). The van der Waals surface area contributed by atoms with Gasteiger partial charge in [0.15, 0.2) is 0 Å². The summed E-state index contributed by atoms with van der Waals surface area (Å²) in [7, 11) is 0. The SMILES string of the molecule is Cc1cccc(C(C)C)c1NC(=O)Cc1ccc(Cl)cc1F. The molecular formula is C18H19ClFNO. The van der Waals surface area contributed by atoms with Crippen LogP contribution < -0.4 is 5.32 Å². The molecule has 0 saturated heterocycles. The summed E-state index contributed by atoms with van der Waals surface area (Å²) in [6.07, 6.45) is -0.0190. The van der Waals surface area contributed by atoms with Crippen LogP contribution in [0.25, 0.3) is 0 Å². The van der Waals surface area contributed by atoms with Crippen molar-refractivity contribution in [3.8, 4) is 0 Å². The molecule has 2 aromatic carbocycles. The van der Waals surface area contributed by atoms with E-state index in [1.54, 1.807) is 12.1 Å². The van der Waals surface area contributed by atoms with Crippen LogP contribution >= 0.6 is 11.6 Å². The summed E-state index contributed by atoms with van der Waals surface area (Å²) in [6, 6.07) is 10.3. The van der Waals surface area contributed by atoms with Gasteiger partial charge in [0, 0.05) is 10.7 Å². The van der Waals surface area contributed by atoms with Crippen molar-refractivity contribution in [3.63, 3.8) is 0 Å². The van der Waals surface area contributed by atoms with E-state index in [0.717, 1.165) is 16.8 Å². The monoisotopic (exact) mass is 319 g/mol. The lowest BCUT2D eigenvalue weighted by molar-refractivity contribution is -0.115. The van der Waals surface area contributed by atoms with Gasteiger partial charge in [0.05, 0.1) is 6.42 Å². The summed E-state index contributed by atoms with van der Waals surface area (Å²) in [5, 5.41) is 3.23. The fourth-order valence-electron chi connectivity index (χ4n) is 2.36. The Hall–Kier alpha value is -1.87. The summed E-state index contributed by atoms with van der Waals surface area (Å²) in [5.74, 6) is -0.406. The number of benzene rings is 2. The molecule has 0 unspecified atom stereocenters. The maximum absolute atomic E-state index is 13.8. The molecule has 0 aliphatic carbocycles. The zero-order valence-electron chi connectivity index (χ0n) is 12.9. The highest BCUT2D eigenvalue weighted by Crippen LogP contribution is 2.27. The molecule has 0 aliphatic heterocycles. The molecule has 1 N–H and O–H groups in total. The molecule has 0 atom stereocenters. The molecule has 2 aromatic rings. The lowest BCUT2D eigenvalue weighted by atomic mass is 9.98. The predicted molar refractivity (Wildman–Crippen MR) is 89.0 cm³/mol. The Labute approximate surface area is 135 Å². The number of rotatable bonds is 4. The number of carbonyl (C=O) groups excluding carboxylic acids is 1. The molecule has 2 rings (SSSR count). The summed E-state index contributed by atoms with van der Waals surface area (Å²) in [5.41, 5.74) is 3.22. The number of amides is 1. The van der Waals surface area contributed by atoms with E-state index in [9.17, 15) is 9.18 Å². The van der Waals surface area contributed by atoms with Gasteiger partial charge in [0.25, 0.3) is 0 Å². The lowest BCUT2D eigenvalue weighted by Gasteiger charge is -2.16. The lowest BCUT2D eigenvalue weighted by Crippen LogP contribution is -2.17. The number of hydrogen-bond donors (Lipinski definition) is 1. The number of nitrogens with one attached hydrogen (secondary N) is 1. The van der Waals surface area contributed by atoms with Gasteiger partial charge in [0.1, 0.15) is 5.82 Å². The summed E-state index contributed by atoms with van der Waals surface area (Å²) < 4.78 is 13.8. The largest absolute Gasteiger partial charge is 0.325 e. The molecular weight excluding hydrogens is 301 g/mol. The van der Waals surface area contributed by atoms with E-state index in [-0.39, 0.29) is 12.3 Å².